The first-order chi connectivity index (χ1) is 15.5. The van der Waals surface area contributed by atoms with Gasteiger partial charge in [0.1, 0.15) is 11.7 Å². The van der Waals surface area contributed by atoms with Crippen LogP contribution in [0.2, 0.25) is 10.0 Å². The summed E-state index contributed by atoms with van der Waals surface area (Å²) >= 11 is 12.2. The molecule has 3 rings (SSSR count). The number of hydrogen-bond donors (Lipinski definition) is 1. The van der Waals surface area contributed by atoms with Gasteiger partial charge >= 0.3 is 5.97 Å². The highest BCUT2D eigenvalue weighted by Crippen LogP contribution is 2.39. The first kappa shape index (κ1) is 25.3. The summed E-state index contributed by atoms with van der Waals surface area (Å²) < 4.78 is 5.27. The number of carbonyl (C=O) groups is 2. The van der Waals surface area contributed by atoms with Crippen molar-refractivity contribution in [3.8, 4) is 0 Å². The SMILES string of the molecule is CC(C)(C)OC(=O)C=CC(=O)N(CC1CC1)[C@H](c1ccc(Cl)cc1)[C@H](O)c1cccc(Cl)c1. The lowest BCUT2D eigenvalue weighted by atomic mass is 9.93. The molecule has 1 aliphatic rings. The van der Waals surface area contributed by atoms with Crippen molar-refractivity contribution in [1.29, 1.82) is 0 Å². The van der Waals surface area contributed by atoms with Gasteiger partial charge in [0.15, 0.2) is 0 Å². The highest BCUT2D eigenvalue weighted by Gasteiger charge is 2.35. The van der Waals surface area contributed by atoms with Crippen LogP contribution in [0, 0.1) is 5.92 Å². The zero-order valence-corrected chi connectivity index (χ0v) is 20.5. The van der Waals surface area contributed by atoms with E-state index in [0.717, 1.165) is 24.5 Å². The first-order valence-electron chi connectivity index (χ1n) is 10.9. The maximum atomic E-state index is 13.3. The lowest BCUT2D eigenvalue weighted by molar-refractivity contribution is -0.148. The van der Waals surface area contributed by atoms with Crippen molar-refractivity contribution in [2.75, 3.05) is 6.54 Å². The van der Waals surface area contributed by atoms with Gasteiger partial charge in [0.2, 0.25) is 5.91 Å². The molecule has 1 amide bonds. The zero-order chi connectivity index (χ0) is 24.2. The van der Waals surface area contributed by atoms with E-state index in [1.165, 1.54) is 6.08 Å². The second kappa shape index (κ2) is 10.7. The molecule has 1 aliphatic carbocycles. The molecule has 7 heteroatoms. The van der Waals surface area contributed by atoms with Crippen molar-refractivity contribution in [1.82, 2.24) is 4.90 Å². The number of ether oxygens (including phenoxy) is 1. The van der Waals surface area contributed by atoms with Crippen molar-refractivity contribution < 1.29 is 19.4 Å². The normalized spacial score (nSPS) is 15.8. The number of amides is 1. The van der Waals surface area contributed by atoms with Gasteiger partial charge in [-0.1, -0.05) is 47.5 Å². The second-order valence-corrected chi connectivity index (χ2v) is 10.2. The molecule has 0 spiro atoms. The number of halogens is 2. The summed E-state index contributed by atoms with van der Waals surface area (Å²) in [4.78, 5) is 27.1. The maximum absolute atomic E-state index is 13.3. The summed E-state index contributed by atoms with van der Waals surface area (Å²) in [7, 11) is 0. The van der Waals surface area contributed by atoms with E-state index >= 15 is 0 Å². The van der Waals surface area contributed by atoms with Crippen LogP contribution in [-0.2, 0) is 14.3 Å². The molecule has 0 radical (unpaired) electrons. The highest BCUT2D eigenvalue weighted by atomic mass is 35.5. The van der Waals surface area contributed by atoms with Crippen molar-refractivity contribution >= 4 is 35.1 Å². The smallest absolute Gasteiger partial charge is 0.331 e. The summed E-state index contributed by atoms with van der Waals surface area (Å²) in [5, 5.41) is 12.5. The van der Waals surface area contributed by atoms with Gasteiger partial charge in [0.05, 0.1) is 6.04 Å². The lowest BCUT2D eigenvalue weighted by Gasteiger charge is -2.35. The largest absolute Gasteiger partial charge is 0.457 e. The number of nitrogens with zero attached hydrogens (tertiary/aromatic N) is 1. The quantitative estimate of drug-likeness (QED) is 0.369. The molecule has 1 fully saturated rings. The van der Waals surface area contributed by atoms with E-state index in [2.05, 4.69) is 0 Å². The standard InChI is InChI=1S/C26H29Cl2NO4/c1-26(2,3)33-23(31)14-13-22(30)29(16-17-7-8-17)24(18-9-11-20(27)12-10-18)25(32)19-5-4-6-21(28)15-19/h4-6,9-15,17,24-25,32H,7-8,16H2,1-3H3/t24-,25-/m1/s1. The van der Waals surface area contributed by atoms with Gasteiger partial charge in [0, 0.05) is 28.7 Å². The van der Waals surface area contributed by atoms with E-state index in [1.54, 1.807) is 74.2 Å². The zero-order valence-electron chi connectivity index (χ0n) is 19.0. The Morgan fingerprint density at radius 1 is 1.06 bits per heavy atom. The fraction of sp³-hybridized carbons (Fsp3) is 0.385. The molecule has 1 N–H and O–H groups in total. The average molecular weight is 490 g/mol. The molecule has 0 aliphatic heterocycles. The van der Waals surface area contributed by atoms with Crippen LogP contribution in [0.15, 0.2) is 60.7 Å². The predicted molar refractivity (Wildman–Crippen MR) is 130 cm³/mol. The van der Waals surface area contributed by atoms with Crippen LogP contribution in [0.25, 0.3) is 0 Å². The molecule has 0 unspecified atom stereocenters. The van der Waals surface area contributed by atoms with Crippen LogP contribution in [0.5, 0.6) is 0 Å². The number of rotatable bonds is 8. The van der Waals surface area contributed by atoms with E-state index in [9.17, 15) is 14.7 Å². The summed E-state index contributed by atoms with van der Waals surface area (Å²) in [6, 6.07) is 13.3. The van der Waals surface area contributed by atoms with Crippen molar-refractivity contribution in [3.63, 3.8) is 0 Å². The first-order valence-corrected chi connectivity index (χ1v) is 11.7. The molecular formula is C26H29Cl2NO4. The summed E-state index contributed by atoms with van der Waals surface area (Å²) in [5.74, 6) is -0.625. The number of benzene rings is 2. The Morgan fingerprint density at radius 3 is 2.30 bits per heavy atom. The molecule has 0 bridgehead atoms. The topological polar surface area (TPSA) is 66.8 Å². The van der Waals surface area contributed by atoms with Crippen molar-refractivity contribution in [3.05, 3.63) is 81.9 Å². The second-order valence-electron chi connectivity index (χ2n) is 9.30. The van der Waals surface area contributed by atoms with Crippen LogP contribution >= 0.6 is 23.2 Å². The van der Waals surface area contributed by atoms with Crippen molar-refractivity contribution in [2.24, 2.45) is 5.92 Å². The van der Waals surface area contributed by atoms with E-state index < -0.39 is 23.7 Å². The number of carbonyl (C=O) groups excluding carboxylic acids is 2. The number of aliphatic hydroxyl groups is 1. The van der Waals surface area contributed by atoms with E-state index in [4.69, 9.17) is 27.9 Å². The molecule has 0 heterocycles. The monoisotopic (exact) mass is 489 g/mol. The number of hydrogen-bond acceptors (Lipinski definition) is 4. The number of esters is 1. The minimum Gasteiger partial charge on any atom is -0.457 e. The Labute approximate surface area is 204 Å². The highest BCUT2D eigenvalue weighted by molar-refractivity contribution is 6.30. The molecule has 1 saturated carbocycles. The van der Waals surface area contributed by atoms with Gasteiger partial charge in [-0.25, -0.2) is 4.79 Å². The Balaban J connectivity index is 1.96. The predicted octanol–water partition coefficient (Wildman–Crippen LogP) is 5.90. The fourth-order valence-corrected chi connectivity index (χ4v) is 3.88. The van der Waals surface area contributed by atoms with Gasteiger partial charge in [-0.05, 0) is 74.9 Å². The lowest BCUT2D eigenvalue weighted by Crippen LogP contribution is -2.38. The molecule has 2 atom stereocenters. The van der Waals surface area contributed by atoms with Gasteiger partial charge in [-0.2, -0.15) is 0 Å². The third kappa shape index (κ3) is 7.60. The Kier molecular flexibility index (Phi) is 8.22. The molecule has 176 valence electrons. The third-order valence-corrected chi connectivity index (χ3v) is 5.73. The van der Waals surface area contributed by atoms with E-state index in [-0.39, 0.29) is 5.91 Å². The molecule has 5 nitrogen and oxygen atoms in total. The molecule has 0 saturated heterocycles. The van der Waals surface area contributed by atoms with Gasteiger partial charge in [-0.3, -0.25) is 4.79 Å². The van der Waals surface area contributed by atoms with Crippen LogP contribution < -0.4 is 0 Å². The average Bonchev–Trinajstić information content (AvgIpc) is 3.55. The Morgan fingerprint density at radius 2 is 1.73 bits per heavy atom. The molecule has 33 heavy (non-hydrogen) atoms. The van der Waals surface area contributed by atoms with Gasteiger partial charge in [-0.15, -0.1) is 0 Å². The molecule has 0 aromatic heterocycles. The van der Waals surface area contributed by atoms with E-state index in [1.807, 2.05) is 0 Å². The third-order valence-electron chi connectivity index (χ3n) is 5.24. The Bertz CT molecular complexity index is 1010. The van der Waals surface area contributed by atoms with Crippen LogP contribution in [0.4, 0.5) is 0 Å². The van der Waals surface area contributed by atoms with Gasteiger partial charge in [0.25, 0.3) is 0 Å². The fourth-order valence-electron chi connectivity index (χ4n) is 3.56. The molecule has 2 aromatic rings. The molecular weight excluding hydrogens is 461 g/mol. The summed E-state index contributed by atoms with van der Waals surface area (Å²) in [6.07, 6.45) is 3.34. The van der Waals surface area contributed by atoms with Gasteiger partial charge < -0.3 is 14.7 Å². The van der Waals surface area contributed by atoms with E-state index in [0.29, 0.717) is 28.1 Å². The Hall–Kier alpha value is -2.34. The summed E-state index contributed by atoms with van der Waals surface area (Å²) in [5.41, 5.74) is 0.658. The maximum Gasteiger partial charge on any atom is 0.331 e. The van der Waals surface area contributed by atoms with Crippen LogP contribution in [0.3, 0.4) is 0 Å². The minimum atomic E-state index is -1.04. The van der Waals surface area contributed by atoms with Crippen LogP contribution in [0.1, 0.15) is 56.9 Å². The van der Waals surface area contributed by atoms with Crippen molar-refractivity contribution in [2.45, 2.75) is 51.4 Å². The minimum absolute atomic E-state index is 0.352. The summed E-state index contributed by atoms with van der Waals surface area (Å²) in [6.45, 7) is 5.75. The van der Waals surface area contributed by atoms with Crippen LogP contribution in [-0.4, -0.2) is 34.0 Å². The number of aliphatic hydroxyl groups excluding tert-OH is 1. The molecule has 2 aromatic carbocycles.